The first-order valence-corrected chi connectivity index (χ1v) is 10.2. The lowest BCUT2D eigenvalue weighted by atomic mass is 10.1. The van der Waals surface area contributed by atoms with Gasteiger partial charge in [0.1, 0.15) is 38.5 Å². The normalized spacial score (nSPS) is 19.3. The first-order valence-electron chi connectivity index (χ1n) is 9.82. The summed E-state index contributed by atoms with van der Waals surface area (Å²) in [5.74, 6) is 0.975. The number of methoxy groups -OCH3 is 1. The molecule has 1 fully saturated rings. The number of nitrogens with one attached hydrogen (secondary N) is 3. The van der Waals surface area contributed by atoms with E-state index < -0.39 is 0 Å². The molecule has 0 bridgehead atoms. The smallest absolute Gasteiger partial charge is 0.279 e. The lowest BCUT2D eigenvalue weighted by Gasteiger charge is -2.29. The van der Waals surface area contributed by atoms with Crippen molar-refractivity contribution in [1.29, 1.82) is 0 Å². The van der Waals surface area contributed by atoms with Crippen LogP contribution in [0.15, 0.2) is 36.4 Å². The zero-order valence-electron chi connectivity index (χ0n) is 16.9. The van der Waals surface area contributed by atoms with Crippen LogP contribution < -0.4 is 19.9 Å². The summed E-state index contributed by atoms with van der Waals surface area (Å²) in [6, 6.07) is 11.8. The van der Waals surface area contributed by atoms with Gasteiger partial charge in [0.05, 0.1) is 7.11 Å². The summed E-state index contributed by atoms with van der Waals surface area (Å²) >= 11 is 6.15. The number of amides is 1. The highest BCUT2D eigenvalue weighted by Gasteiger charge is 2.26. The highest BCUT2D eigenvalue weighted by atomic mass is 35.5. The number of quaternary nitrogens is 2. The van der Waals surface area contributed by atoms with Crippen LogP contribution in [0, 0.1) is 13.8 Å². The second-order valence-corrected chi connectivity index (χ2v) is 8.04. The number of benzene rings is 2. The molecule has 0 saturated carbocycles. The van der Waals surface area contributed by atoms with Gasteiger partial charge in [-0.15, -0.1) is 0 Å². The first kappa shape index (κ1) is 20.6. The minimum absolute atomic E-state index is 0.0867. The summed E-state index contributed by atoms with van der Waals surface area (Å²) in [5, 5.41) is 3.81. The van der Waals surface area contributed by atoms with Gasteiger partial charge >= 0.3 is 0 Å². The molecule has 150 valence electrons. The molecule has 0 atom stereocenters. The average Bonchev–Trinajstić information content (AvgIpc) is 2.67. The first-order chi connectivity index (χ1) is 13.5. The van der Waals surface area contributed by atoms with E-state index in [0.717, 1.165) is 60.3 Å². The van der Waals surface area contributed by atoms with E-state index in [4.69, 9.17) is 16.3 Å². The van der Waals surface area contributed by atoms with Crippen LogP contribution in [0.2, 0.25) is 5.02 Å². The number of hydrogen-bond acceptors (Lipinski definition) is 2. The Labute approximate surface area is 172 Å². The van der Waals surface area contributed by atoms with Gasteiger partial charge < -0.3 is 19.9 Å². The number of halogens is 1. The molecule has 0 spiro atoms. The van der Waals surface area contributed by atoms with Crippen LogP contribution >= 0.6 is 11.6 Å². The lowest BCUT2D eigenvalue weighted by molar-refractivity contribution is -1.02. The molecule has 1 heterocycles. The Morgan fingerprint density at radius 3 is 2.54 bits per heavy atom. The number of aryl methyl sites for hydroxylation is 1. The second kappa shape index (κ2) is 9.41. The number of hydrogen-bond donors (Lipinski definition) is 3. The van der Waals surface area contributed by atoms with Gasteiger partial charge in [0.2, 0.25) is 0 Å². The number of rotatable bonds is 6. The molecule has 0 aliphatic carbocycles. The molecule has 1 aliphatic rings. The lowest BCUT2D eigenvalue weighted by Crippen LogP contribution is -3.28. The van der Waals surface area contributed by atoms with Gasteiger partial charge in [-0.05, 0) is 49.2 Å². The summed E-state index contributed by atoms with van der Waals surface area (Å²) in [6.07, 6.45) is 0. The fourth-order valence-corrected chi connectivity index (χ4v) is 3.97. The molecular formula is C22H30ClN3O2+2. The zero-order valence-corrected chi connectivity index (χ0v) is 17.7. The van der Waals surface area contributed by atoms with Crippen molar-refractivity contribution >= 4 is 23.2 Å². The summed E-state index contributed by atoms with van der Waals surface area (Å²) in [5.41, 5.74) is 4.39. The molecule has 28 heavy (non-hydrogen) atoms. The number of piperazine rings is 1. The van der Waals surface area contributed by atoms with Gasteiger partial charge in [0.15, 0.2) is 6.54 Å². The predicted octanol–water partition coefficient (Wildman–Crippen LogP) is 0.888. The maximum absolute atomic E-state index is 12.5. The fourth-order valence-electron chi connectivity index (χ4n) is 3.77. The Morgan fingerprint density at radius 1 is 1.11 bits per heavy atom. The highest BCUT2D eigenvalue weighted by Crippen LogP contribution is 2.21. The van der Waals surface area contributed by atoms with E-state index in [1.165, 1.54) is 15.4 Å². The van der Waals surface area contributed by atoms with Crippen LogP contribution in [0.3, 0.4) is 0 Å². The van der Waals surface area contributed by atoms with E-state index in [0.29, 0.717) is 6.54 Å². The Morgan fingerprint density at radius 2 is 1.82 bits per heavy atom. The van der Waals surface area contributed by atoms with E-state index in [2.05, 4.69) is 18.3 Å². The summed E-state index contributed by atoms with van der Waals surface area (Å²) < 4.78 is 5.46. The van der Waals surface area contributed by atoms with Gasteiger partial charge in [-0.2, -0.15) is 0 Å². The van der Waals surface area contributed by atoms with Gasteiger partial charge in [-0.25, -0.2) is 0 Å². The molecule has 1 aliphatic heterocycles. The molecule has 0 aromatic heterocycles. The zero-order chi connectivity index (χ0) is 20.1. The summed E-state index contributed by atoms with van der Waals surface area (Å²) in [7, 11) is 1.69. The van der Waals surface area contributed by atoms with Crippen molar-refractivity contribution in [2.24, 2.45) is 0 Å². The third-order valence-electron chi connectivity index (χ3n) is 5.64. The van der Waals surface area contributed by atoms with Gasteiger partial charge in [-0.3, -0.25) is 4.79 Å². The molecule has 2 aromatic carbocycles. The Kier molecular flexibility index (Phi) is 6.94. The highest BCUT2D eigenvalue weighted by molar-refractivity contribution is 6.30. The third-order valence-corrected chi connectivity index (χ3v) is 5.87. The minimum Gasteiger partial charge on any atom is -0.496 e. The van der Waals surface area contributed by atoms with Gasteiger partial charge in [-0.1, -0.05) is 23.7 Å². The fraction of sp³-hybridized carbons (Fsp3) is 0.409. The van der Waals surface area contributed by atoms with E-state index in [1.807, 2.05) is 37.3 Å². The molecule has 3 N–H and O–H groups in total. The van der Waals surface area contributed by atoms with Crippen molar-refractivity contribution in [1.82, 2.24) is 0 Å². The van der Waals surface area contributed by atoms with Gasteiger partial charge in [0, 0.05) is 16.3 Å². The summed E-state index contributed by atoms with van der Waals surface area (Å²) in [6.45, 7) is 9.55. The molecule has 1 amide bonds. The topological polar surface area (TPSA) is 47.2 Å². The molecular weight excluding hydrogens is 374 g/mol. The quantitative estimate of drug-likeness (QED) is 0.670. The van der Waals surface area contributed by atoms with Gasteiger partial charge in [0.25, 0.3) is 5.91 Å². The van der Waals surface area contributed by atoms with Crippen LogP contribution in [-0.4, -0.2) is 45.7 Å². The summed E-state index contributed by atoms with van der Waals surface area (Å²) in [4.78, 5) is 15.3. The molecule has 1 saturated heterocycles. The van der Waals surface area contributed by atoms with E-state index in [1.54, 1.807) is 7.11 Å². The average molecular weight is 404 g/mol. The number of carbonyl (C=O) groups is 1. The van der Waals surface area contributed by atoms with Crippen LogP contribution in [0.4, 0.5) is 5.69 Å². The number of ether oxygens (including phenoxy) is 1. The van der Waals surface area contributed by atoms with Crippen molar-refractivity contribution in [3.8, 4) is 5.75 Å². The van der Waals surface area contributed by atoms with Crippen molar-refractivity contribution < 1.29 is 19.3 Å². The van der Waals surface area contributed by atoms with Crippen molar-refractivity contribution in [3.05, 3.63) is 58.1 Å². The Bertz CT molecular complexity index is 833. The van der Waals surface area contributed by atoms with E-state index in [-0.39, 0.29) is 5.91 Å². The molecule has 5 nitrogen and oxygen atoms in total. The SMILES string of the molecule is COc1ccc(Cl)cc1C[NH+]1CC[NH+](CC(=O)Nc2cccc(C)c2C)CC1. The number of carbonyl (C=O) groups excluding carboxylic acids is 1. The van der Waals surface area contributed by atoms with Crippen molar-refractivity contribution in [2.45, 2.75) is 20.4 Å². The Balaban J connectivity index is 1.49. The molecule has 6 heteroatoms. The van der Waals surface area contributed by atoms with Crippen LogP contribution in [0.25, 0.3) is 0 Å². The monoisotopic (exact) mass is 403 g/mol. The molecule has 0 radical (unpaired) electrons. The molecule has 0 unspecified atom stereocenters. The maximum atomic E-state index is 12.5. The van der Waals surface area contributed by atoms with E-state index >= 15 is 0 Å². The van der Waals surface area contributed by atoms with E-state index in [9.17, 15) is 4.79 Å². The van der Waals surface area contributed by atoms with Crippen molar-refractivity contribution in [3.63, 3.8) is 0 Å². The van der Waals surface area contributed by atoms with Crippen LogP contribution in [-0.2, 0) is 11.3 Å². The second-order valence-electron chi connectivity index (χ2n) is 7.61. The minimum atomic E-state index is 0.0867. The predicted molar refractivity (Wildman–Crippen MR) is 113 cm³/mol. The Hall–Kier alpha value is -2.08. The molecule has 3 rings (SSSR count). The molecule has 2 aromatic rings. The standard InChI is InChI=1S/C22H28ClN3O2/c1-16-5-4-6-20(17(16)2)24-22(27)15-26-11-9-25(10-12-26)14-18-13-19(23)7-8-21(18)28-3/h4-8,13H,9-12,14-15H2,1-3H3,(H,24,27)/p+2. The number of anilines is 1. The largest absolute Gasteiger partial charge is 0.496 e. The maximum Gasteiger partial charge on any atom is 0.279 e. The third kappa shape index (κ3) is 5.25. The van der Waals surface area contributed by atoms with Crippen LogP contribution in [0.5, 0.6) is 5.75 Å². The van der Waals surface area contributed by atoms with Crippen molar-refractivity contribution in [2.75, 3.05) is 45.2 Å². The van der Waals surface area contributed by atoms with Crippen LogP contribution in [0.1, 0.15) is 16.7 Å².